The summed E-state index contributed by atoms with van der Waals surface area (Å²) in [6.07, 6.45) is 0. The number of hydrogen-bond donors (Lipinski definition) is 1. The van der Waals surface area contributed by atoms with E-state index in [0.29, 0.717) is 0 Å². The Kier molecular flexibility index (Phi) is 3.22. The maximum absolute atomic E-state index is 9.65. The molecule has 0 heterocycles. The fourth-order valence-electron chi connectivity index (χ4n) is 0.151. The SMILES string of the molecule is C[CH2][Ge][C](=O)O. The van der Waals surface area contributed by atoms with Crippen LogP contribution in [0.5, 0.6) is 0 Å². The molecule has 0 aliphatic rings. The van der Waals surface area contributed by atoms with E-state index in [-0.39, 0.29) is 0 Å². The molecular weight excluding hydrogens is 141 g/mol. The molecule has 0 bridgehead atoms. The maximum atomic E-state index is 9.65. The number of rotatable bonds is 2. The predicted molar refractivity (Wildman–Crippen MR) is 24.3 cm³/mol. The van der Waals surface area contributed by atoms with Crippen LogP contribution in [-0.2, 0) is 0 Å². The van der Waals surface area contributed by atoms with Crippen LogP contribution in [0, 0.1) is 0 Å². The Morgan fingerprint density at radius 3 is 2.50 bits per heavy atom. The minimum absolute atomic E-state index is 0.586. The molecule has 0 rings (SSSR count). The molecule has 0 unspecified atom stereocenters. The van der Waals surface area contributed by atoms with E-state index in [2.05, 4.69) is 0 Å². The van der Waals surface area contributed by atoms with Crippen LogP contribution in [0.4, 0.5) is 4.79 Å². The quantitative estimate of drug-likeness (QED) is 0.586. The molecule has 2 radical (unpaired) electrons. The molecule has 1 N–H and O–H groups in total. The fourth-order valence-corrected chi connectivity index (χ4v) is 0.786. The van der Waals surface area contributed by atoms with Crippen molar-refractivity contribution < 1.29 is 9.90 Å². The van der Waals surface area contributed by atoms with Crippen LogP contribution in [0.3, 0.4) is 0 Å². The number of hydrogen-bond acceptors (Lipinski definition) is 1. The van der Waals surface area contributed by atoms with Crippen molar-refractivity contribution in [1.29, 1.82) is 0 Å². The van der Waals surface area contributed by atoms with Crippen molar-refractivity contribution in [3.63, 3.8) is 0 Å². The molecule has 0 saturated heterocycles. The van der Waals surface area contributed by atoms with Gasteiger partial charge < -0.3 is 0 Å². The molecule has 0 aromatic rings. The average Bonchev–Trinajstić information content (AvgIpc) is 1.35. The molecule has 0 spiro atoms. The molecule has 0 saturated carbocycles. The molecular formula is C3H6GeO2. The van der Waals surface area contributed by atoms with Crippen LogP contribution in [0.2, 0.25) is 5.25 Å². The Morgan fingerprint density at radius 2 is 2.50 bits per heavy atom. The zero-order chi connectivity index (χ0) is 4.99. The summed E-state index contributed by atoms with van der Waals surface area (Å²) in [5.41, 5.74) is 0. The van der Waals surface area contributed by atoms with E-state index in [1.807, 2.05) is 6.92 Å². The molecule has 2 nitrogen and oxygen atoms in total. The second-order valence-corrected chi connectivity index (χ2v) is 3.96. The standard InChI is InChI=1S/C3H6GeO2/c1-2-4-3(5)6/h2H2,1H3,(H,5,6). The first-order chi connectivity index (χ1) is 2.77. The van der Waals surface area contributed by atoms with E-state index in [1.54, 1.807) is 0 Å². The predicted octanol–water partition coefficient (Wildman–Crippen LogP) is 0.807. The van der Waals surface area contributed by atoms with Gasteiger partial charge >= 0.3 is 42.3 Å². The molecule has 0 amide bonds. The molecule has 3 heteroatoms. The van der Waals surface area contributed by atoms with Gasteiger partial charge in [-0.05, 0) is 0 Å². The molecule has 0 aliphatic heterocycles. The van der Waals surface area contributed by atoms with E-state index in [1.165, 1.54) is 0 Å². The van der Waals surface area contributed by atoms with E-state index < -0.39 is 20.2 Å². The third-order valence-electron chi connectivity index (χ3n) is 0.328. The second kappa shape index (κ2) is 3.21. The van der Waals surface area contributed by atoms with Crippen molar-refractivity contribution in [2.45, 2.75) is 12.2 Å². The number of carboxylic acid groups (broad SMARTS) is 1. The van der Waals surface area contributed by atoms with Crippen molar-refractivity contribution in [2.75, 3.05) is 0 Å². The summed E-state index contributed by atoms with van der Waals surface area (Å²) in [6.45, 7) is 1.90. The fraction of sp³-hybridized carbons (Fsp3) is 0.667. The molecule has 34 valence electrons. The Morgan fingerprint density at radius 1 is 2.00 bits per heavy atom. The van der Waals surface area contributed by atoms with Gasteiger partial charge in [0.05, 0.1) is 0 Å². The van der Waals surface area contributed by atoms with Gasteiger partial charge in [-0.1, -0.05) is 0 Å². The van der Waals surface area contributed by atoms with Crippen molar-refractivity contribution in [3.05, 3.63) is 0 Å². The van der Waals surface area contributed by atoms with Gasteiger partial charge in [0, 0.05) is 0 Å². The summed E-state index contributed by atoms with van der Waals surface area (Å²) in [7, 11) is 0. The zero-order valence-electron chi connectivity index (χ0n) is 3.56. The van der Waals surface area contributed by atoms with Gasteiger partial charge in [-0.25, -0.2) is 0 Å². The summed E-state index contributed by atoms with van der Waals surface area (Å²) in [5, 5.41) is 8.83. The molecule has 0 aliphatic carbocycles. The molecule has 0 fully saturated rings. The monoisotopic (exact) mass is 148 g/mol. The van der Waals surface area contributed by atoms with Gasteiger partial charge in [0.1, 0.15) is 0 Å². The Hall–Kier alpha value is 0.0129. The molecule has 6 heavy (non-hydrogen) atoms. The van der Waals surface area contributed by atoms with Crippen LogP contribution in [0.1, 0.15) is 6.92 Å². The Labute approximate surface area is 43.0 Å². The topological polar surface area (TPSA) is 37.3 Å². The van der Waals surface area contributed by atoms with E-state index in [4.69, 9.17) is 5.11 Å². The van der Waals surface area contributed by atoms with Crippen molar-refractivity contribution >= 4 is 20.2 Å². The van der Waals surface area contributed by atoms with Crippen molar-refractivity contribution in [3.8, 4) is 0 Å². The van der Waals surface area contributed by atoms with Crippen molar-refractivity contribution in [2.24, 2.45) is 0 Å². The molecule has 0 aromatic heterocycles. The van der Waals surface area contributed by atoms with Crippen LogP contribution in [-0.4, -0.2) is 25.3 Å². The van der Waals surface area contributed by atoms with E-state index in [0.717, 1.165) is 5.25 Å². The second-order valence-electron chi connectivity index (χ2n) is 0.835. The van der Waals surface area contributed by atoms with Gasteiger partial charge in [-0.3, -0.25) is 0 Å². The summed E-state index contributed by atoms with van der Waals surface area (Å²) < 4.78 is 0. The molecule has 0 aromatic carbocycles. The van der Waals surface area contributed by atoms with Crippen LogP contribution in [0.25, 0.3) is 0 Å². The first-order valence-electron chi connectivity index (χ1n) is 1.74. The summed E-state index contributed by atoms with van der Waals surface area (Å²) in [5.74, 6) is 0. The van der Waals surface area contributed by atoms with Crippen LogP contribution < -0.4 is 0 Å². The summed E-state index contributed by atoms with van der Waals surface area (Å²) >= 11 is -0.625. The number of carbonyl (C=O) groups is 1. The minimum atomic E-state index is -0.625. The van der Waals surface area contributed by atoms with E-state index in [9.17, 15) is 4.79 Å². The first kappa shape index (κ1) is 6.01. The Bertz CT molecular complexity index is 52.8. The van der Waals surface area contributed by atoms with Gasteiger partial charge in [0.25, 0.3) is 0 Å². The van der Waals surface area contributed by atoms with Gasteiger partial charge in [-0.15, -0.1) is 0 Å². The van der Waals surface area contributed by atoms with Crippen molar-refractivity contribution in [1.82, 2.24) is 0 Å². The summed E-state index contributed by atoms with van der Waals surface area (Å²) in [6, 6.07) is 0. The van der Waals surface area contributed by atoms with Gasteiger partial charge in [0.2, 0.25) is 0 Å². The third kappa shape index (κ3) is 4.01. The average molecular weight is 147 g/mol. The van der Waals surface area contributed by atoms with Crippen LogP contribution >= 0.6 is 0 Å². The molecule has 0 atom stereocenters. The van der Waals surface area contributed by atoms with Crippen LogP contribution in [0.15, 0.2) is 0 Å². The zero-order valence-corrected chi connectivity index (χ0v) is 5.66. The third-order valence-corrected chi connectivity index (χ3v) is 1.70. The normalized spacial score (nSPS) is 8.17. The first-order valence-corrected chi connectivity index (χ1v) is 4.27. The van der Waals surface area contributed by atoms with E-state index >= 15 is 0 Å². The van der Waals surface area contributed by atoms with Gasteiger partial charge in [0.15, 0.2) is 0 Å². The van der Waals surface area contributed by atoms with Gasteiger partial charge in [-0.2, -0.15) is 0 Å². The summed E-state index contributed by atoms with van der Waals surface area (Å²) in [4.78, 5) is 9.07. The Balaban J connectivity index is 2.83.